The van der Waals surface area contributed by atoms with Crippen LogP contribution in [0.3, 0.4) is 0 Å². The molecule has 2 fully saturated rings. The van der Waals surface area contributed by atoms with Crippen LogP contribution in [-0.2, 0) is 4.74 Å². The standard InChI is InChI=1S/C17H34N2O/c1-5-17(4)12-16(9-11-20-17)19(14(2)3)13-15-8-6-7-10-18-15/h14-16,18H,5-13H2,1-4H3. The van der Waals surface area contributed by atoms with Crippen molar-refractivity contribution in [3.63, 3.8) is 0 Å². The van der Waals surface area contributed by atoms with Crippen LogP contribution in [0.1, 0.15) is 66.2 Å². The zero-order valence-corrected chi connectivity index (χ0v) is 14.0. The Labute approximate surface area is 125 Å². The summed E-state index contributed by atoms with van der Waals surface area (Å²) in [5.74, 6) is 0. The van der Waals surface area contributed by atoms with Crippen molar-refractivity contribution in [2.75, 3.05) is 19.7 Å². The van der Waals surface area contributed by atoms with Crippen molar-refractivity contribution in [2.24, 2.45) is 0 Å². The van der Waals surface area contributed by atoms with E-state index >= 15 is 0 Å². The third-order valence-electron chi connectivity index (χ3n) is 5.29. The minimum absolute atomic E-state index is 0.0933. The summed E-state index contributed by atoms with van der Waals surface area (Å²) in [4.78, 5) is 2.74. The molecule has 0 bridgehead atoms. The molecule has 2 aliphatic rings. The normalized spacial score (nSPS) is 35.7. The Hall–Kier alpha value is -0.120. The molecule has 1 N–H and O–H groups in total. The van der Waals surface area contributed by atoms with E-state index in [1.807, 2.05) is 0 Å². The topological polar surface area (TPSA) is 24.5 Å². The van der Waals surface area contributed by atoms with Gasteiger partial charge in [-0.2, -0.15) is 0 Å². The van der Waals surface area contributed by atoms with Crippen molar-refractivity contribution in [3.8, 4) is 0 Å². The van der Waals surface area contributed by atoms with E-state index in [0.717, 1.165) is 13.0 Å². The van der Waals surface area contributed by atoms with E-state index in [0.29, 0.717) is 18.1 Å². The summed E-state index contributed by atoms with van der Waals surface area (Å²) in [6.45, 7) is 12.6. The molecule has 3 atom stereocenters. The molecule has 0 aliphatic carbocycles. The number of hydrogen-bond acceptors (Lipinski definition) is 3. The van der Waals surface area contributed by atoms with E-state index in [1.54, 1.807) is 0 Å². The average molecular weight is 282 g/mol. The number of piperidine rings is 1. The largest absolute Gasteiger partial charge is 0.375 e. The molecule has 0 aromatic carbocycles. The number of rotatable bonds is 5. The highest BCUT2D eigenvalue weighted by Gasteiger charge is 2.36. The van der Waals surface area contributed by atoms with E-state index in [-0.39, 0.29) is 5.60 Å². The molecule has 0 amide bonds. The number of ether oxygens (including phenoxy) is 1. The monoisotopic (exact) mass is 282 g/mol. The zero-order chi connectivity index (χ0) is 14.6. The molecule has 3 nitrogen and oxygen atoms in total. The Morgan fingerprint density at radius 3 is 2.70 bits per heavy atom. The maximum atomic E-state index is 6.02. The average Bonchev–Trinajstić information content (AvgIpc) is 2.45. The fourth-order valence-electron chi connectivity index (χ4n) is 3.75. The molecule has 0 aromatic rings. The lowest BCUT2D eigenvalue weighted by Gasteiger charge is -2.45. The SMILES string of the molecule is CCC1(C)CC(N(CC2CCCCN2)C(C)C)CCO1. The second kappa shape index (κ2) is 7.24. The molecule has 3 unspecified atom stereocenters. The van der Waals surface area contributed by atoms with Gasteiger partial charge in [-0.1, -0.05) is 13.3 Å². The van der Waals surface area contributed by atoms with E-state index < -0.39 is 0 Å². The Morgan fingerprint density at radius 1 is 1.30 bits per heavy atom. The molecule has 0 saturated carbocycles. The van der Waals surface area contributed by atoms with Crippen LogP contribution in [0.25, 0.3) is 0 Å². The fraction of sp³-hybridized carbons (Fsp3) is 1.00. The van der Waals surface area contributed by atoms with Gasteiger partial charge in [-0.3, -0.25) is 4.90 Å². The van der Waals surface area contributed by atoms with Crippen LogP contribution in [-0.4, -0.2) is 48.3 Å². The predicted molar refractivity (Wildman–Crippen MR) is 85.2 cm³/mol. The third-order valence-corrected chi connectivity index (χ3v) is 5.29. The summed E-state index contributed by atoms with van der Waals surface area (Å²) in [7, 11) is 0. The van der Waals surface area contributed by atoms with E-state index in [1.165, 1.54) is 45.2 Å². The Balaban J connectivity index is 1.96. The van der Waals surface area contributed by atoms with Crippen molar-refractivity contribution in [3.05, 3.63) is 0 Å². The van der Waals surface area contributed by atoms with Crippen LogP contribution in [0.15, 0.2) is 0 Å². The van der Waals surface area contributed by atoms with Crippen LogP contribution in [0.5, 0.6) is 0 Å². The minimum atomic E-state index is 0.0933. The molecule has 0 aromatic heterocycles. The molecule has 2 rings (SSSR count). The summed E-state index contributed by atoms with van der Waals surface area (Å²) in [6.07, 6.45) is 7.59. The molecular formula is C17H34N2O. The van der Waals surface area contributed by atoms with Gasteiger partial charge in [0, 0.05) is 31.3 Å². The molecular weight excluding hydrogens is 248 g/mol. The van der Waals surface area contributed by atoms with E-state index in [2.05, 4.69) is 37.9 Å². The van der Waals surface area contributed by atoms with E-state index in [4.69, 9.17) is 4.74 Å². The zero-order valence-electron chi connectivity index (χ0n) is 14.0. The van der Waals surface area contributed by atoms with Crippen molar-refractivity contribution >= 4 is 0 Å². The minimum Gasteiger partial charge on any atom is -0.375 e. The molecule has 2 saturated heterocycles. The summed E-state index contributed by atoms with van der Waals surface area (Å²) < 4.78 is 6.02. The lowest BCUT2D eigenvalue weighted by Crippen LogP contribution is -2.54. The highest BCUT2D eigenvalue weighted by atomic mass is 16.5. The first-order valence-corrected chi connectivity index (χ1v) is 8.67. The van der Waals surface area contributed by atoms with Gasteiger partial charge in [0.2, 0.25) is 0 Å². The van der Waals surface area contributed by atoms with E-state index in [9.17, 15) is 0 Å². The number of nitrogens with one attached hydrogen (secondary N) is 1. The lowest BCUT2D eigenvalue weighted by atomic mass is 9.88. The summed E-state index contributed by atoms with van der Waals surface area (Å²) in [5.41, 5.74) is 0.0933. The summed E-state index contributed by atoms with van der Waals surface area (Å²) in [5, 5.41) is 3.71. The molecule has 118 valence electrons. The van der Waals surface area contributed by atoms with Crippen LogP contribution in [0.2, 0.25) is 0 Å². The molecule has 2 aliphatic heterocycles. The molecule has 0 radical (unpaired) electrons. The second-order valence-corrected chi connectivity index (χ2v) is 7.24. The van der Waals surface area contributed by atoms with Gasteiger partial charge < -0.3 is 10.1 Å². The van der Waals surface area contributed by atoms with Crippen LogP contribution in [0.4, 0.5) is 0 Å². The first-order chi connectivity index (χ1) is 9.54. The van der Waals surface area contributed by atoms with Gasteiger partial charge in [-0.05, 0) is 59.4 Å². The fourth-order valence-corrected chi connectivity index (χ4v) is 3.75. The van der Waals surface area contributed by atoms with Crippen molar-refractivity contribution < 1.29 is 4.74 Å². The van der Waals surface area contributed by atoms with Crippen LogP contribution >= 0.6 is 0 Å². The highest BCUT2D eigenvalue weighted by molar-refractivity contribution is 4.90. The first-order valence-electron chi connectivity index (χ1n) is 8.67. The van der Waals surface area contributed by atoms with Crippen molar-refractivity contribution in [2.45, 2.75) is 89.9 Å². The maximum absolute atomic E-state index is 6.02. The van der Waals surface area contributed by atoms with Gasteiger partial charge in [0.05, 0.1) is 5.60 Å². The molecule has 3 heteroatoms. The molecule has 2 heterocycles. The molecule has 0 spiro atoms. The van der Waals surface area contributed by atoms with Crippen molar-refractivity contribution in [1.29, 1.82) is 0 Å². The Kier molecular flexibility index (Phi) is 5.88. The van der Waals surface area contributed by atoms with Gasteiger partial charge in [0.1, 0.15) is 0 Å². The lowest BCUT2D eigenvalue weighted by molar-refractivity contribution is -0.101. The second-order valence-electron chi connectivity index (χ2n) is 7.24. The van der Waals surface area contributed by atoms with Gasteiger partial charge in [-0.25, -0.2) is 0 Å². The maximum Gasteiger partial charge on any atom is 0.0666 e. The smallest absolute Gasteiger partial charge is 0.0666 e. The third kappa shape index (κ3) is 4.19. The van der Waals surface area contributed by atoms with Gasteiger partial charge >= 0.3 is 0 Å². The Bertz CT molecular complexity index is 289. The van der Waals surface area contributed by atoms with Crippen LogP contribution in [0, 0.1) is 0 Å². The predicted octanol–water partition coefficient (Wildman–Crippen LogP) is 3.19. The highest BCUT2D eigenvalue weighted by Crippen LogP contribution is 2.31. The van der Waals surface area contributed by atoms with Gasteiger partial charge in [0.15, 0.2) is 0 Å². The van der Waals surface area contributed by atoms with Gasteiger partial charge in [0.25, 0.3) is 0 Å². The number of hydrogen-bond donors (Lipinski definition) is 1. The van der Waals surface area contributed by atoms with Crippen LogP contribution < -0.4 is 5.32 Å². The van der Waals surface area contributed by atoms with Crippen molar-refractivity contribution in [1.82, 2.24) is 10.2 Å². The first kappa shape index (κ1) is 16.3. The molecule has 20 heavy (non-hydrogen) atoms. The van der Waals surface area contributed by atoms with Gasteiger partial charge in [-0.15, -0.1) is 0 Å². The summed E-state index contributed by atoms with van der Waals surface area (Å²) >= 11 is 0. The quantitative estimate of drug-likeness (QED) is 0.838. The Morgan fingerprint density at radius 2 is 2.10 bits per heavy atom. The summed E-state index contributed by atoms with van der Waals surface area (Å²) in [6, 6.07) is 2.02. The number of nitrogens with zero attached hydrogens (tertiary/aromatic N) is 1.